The number of ether oxygens (including phenoxy) is 1. The number of hydrogen-bond donors (Lipinski definition) is 1. The van der Waals surface area contributed by atoms with E-state index in [2.05, 4.69) is 4.98 Å². The van der Waals surface area contributed by atoms with Gasteiger partial charge in [0.1, 0.15) is 11.6 Å². The van der Waals surface area contributed by atoms with Crippen LogP contribution in [0.1, 0.15) is 17.2 Å². The molecule has 1 unspecified atom stereocenters. The Balaban J connectivity index is 1.96. The fraction of sp³-hybridized carbons (Fsp3) is 0.0870. The van der Waals surface area contributed by atoms with E-state index in [1.54, 1.807) is 12.1 Å². The summed E-state index contributed by atoms with van der Waals surface area (Å²) in [6, 6.07) is 10.3. The van der Waals surface area contributed by atoms with E-state index >= 15 is 0 Å². The van der Waals surface area contributed by atoms with E-state index in [4.69, 9.17) is 27.9 Å². The van der Waals surface area contributed by atoms with Gasteiger partial charge in [-0.05, 0) is 42.0 Å². The van der Waals surface area contributed by atoms with Crippen molar-refractivity contribution >= 4 is 46.3 Å². The van der Waals surface area contributed by atoms with Gasteiger partial charge in [-0.25, -0.2) is 4.39 Å². The largest absolute Gasteiger partial charge is 0.507 e. The van der Waals surface area contributed by atoms with Gasteiger partial charge in [0.15, 0.2) is 5.75 Å². The van der Waals surface area contributed by atoms with Crippen molar-refractivity contribution in [3.63, 3.8) is 0 Å². The molecule has 1 fully saturated rings. The standard InChI is InChI=1S/C23H15Cl2FN2O4/c1-32-22-16(24)8-13(9-17(22)25)20(29)18-19(12-4-3-7-27-11-12)28(23(31)21(18)30)15-6-2-5-14(26)10-15/h2-11,19,29H,1H3/b20-18+. The Morgan fingerprint density at radius 2 is 1.84 bits per heavy atom. The SMILES string of the molecule is COc1c(Cl)cc(/C(O)=C2\C(=O)C(=O)N(c3cccc(F)c3)C2c2cccnc2)cc1Cl. The maximum atomic E-state index is 13.9. The molecule has 0 radical (unpaired) electrons. The lowest BCUT2D eigenvalue weighted by atomic mass is 9.96. The molecule has 1 amide bonds. The predicted octanol–water partition coefficient (Wildman–Crippen LogP) is 5.16. The fourth-order valence-electron chi connectivity index (χ4n) is 3.63. The zero-order chi connectivity index (χ0) is 23.0. The third kappa shape index (κ3) is 3.70. The Kier molecular flexibility index (Phi) is 5.86. The number of Topliss-reactive ketones (excluding diaryl/α,β-unsaturated/α-hetero) is 1. The number of hydrogen-bond acceptors (Lipinski definition) is 5. The number of carbonyl (C=O) groups is 2. The normalized spacial score (nSPS) is 17.6. The van der Waals surface area contributed by atoms with Crippen molar-refractivity contribution in [1.82, 2.24) is 4.98 Å². The lowest BCUT2D eigenvalue weighted by Gasteiger charge is -2.25. The van der Waals surface area contributed by atoms with Crippen molar-refractivity contribution in [3.8, 4) is 5.75 Å². The second-order valence-electron chi connectivity index (χ2n) is 6.91. The van der Waals surface area contributed by atoms with Crippen LogP contribution < -0.4 is 9.64 Å². The molecule has 0 bridgehead atoms. The molecular weight excluding hydrogens is 458 g/mol. The minimum absolute atomic E-state index is 0.110. The van der Waals surface area contributed by atoms with Crippen LogP contribution in [0.3, 0.4) is 0 Å². The number of ketones is 1. The molecule has 162 valence electrons. The summed E-state index contributed by atoms with van der Waals surface area (Å²) in [5, 5.41) is 11.3. The van der Waals surface area contributed by atoms with Crippen LogP contribution in [0.15, 0.2) is 66.5 Å². The Morgan fingerprint density at radius 3 is 2.44 bits per heavy atom. The van der Waals surface area contributed by atoms with Crippen LogP contribution in [0.4, 0.5) is 10.1 Å². The number of rotatable bonds is 4. The van der Waals surface area contributed by atoms with Crippen molar-refractivity contribution in [2.45, 2.75) is 6.04 Å². The van der Waals surface area contributed by atoms with Gasteiger partial charge < -0.3 is 9.84 Å². The van der Waals surface area contributed by atoms with Gasteiger partial charge in [0, 0.05) is 23.6 Å². The maximum Gasteiger partial charge on any atom is 0.300 e. The summed E-state index contributed by atoms with van der Waals surface area (Å²) in [7, 11) is 1.39. The van der Waals surface area contributed by atoms with E-state index in [1.807, 2.05) is 0 Å². The average Bonchev–Trinajstić information content (AvgIpc) is 3.04. The van der Waals surface area contributed by atoms with Gasteiger partial charge in [0.25, 0.3) is 11.7 Å². The van der Waals surface area contributed by atoms with Crippen molar-refractivity contribution in [3.05, 3.63) is 93.5 Å². The lowest BCUT2D eigenvalue weighted by Crippen LogP contribution is -2.29. The van der Waals surface area contributed by atoms with Gasteiger partial charge >= 0.3 is 0 Å². The number of aliphatic hydroxyl groups excluding tert-OH is 1. The summed E-state index contributed by atoms with van der Waals surface area (Å²) >= 11 is 12.4. The zero-order valence-corrected chi connectivity index (χ0v) is 18.1. The molecule has 1 aromatic heterocycles. The monoisotopic (exact) mass is 472 g/mol. The van der Waals surface area contributed by atoms with E-state index in [-0.39, 0.29) is 32.6 Å². The van der Waals surface area contributed by atoms with Crippen LogP contribution in [0.5, 0.6) is 5.75 Å². The molecule has 1 saturated heterocycles. The summed E-state index contributed by atoms with van der Waals surface area (Å²) in [6.45, 7) is 0. The maximum absolute atomic E-state index is 13.9. The molecule has 2 heterocycles. The highest BCUT2D eigenvalue weighted by atomic mass is 35.5. The first-order chi connectivity index (χ1) is 15.3. The van der Waals surface area contributed by atoms with Crippen LogP contribution in [0.25, 0.3) is 5.76 Å². The highest BCUT2D eigenvalue weighted by molar-refractivity contribution is 6.51. The first-order valence-corrected chi connectivity index (χ1v) is 10.1. The Morgan fingerprint density at radius 1 is 1.12 bits per heavy atom. The van der Waals surface area contributed by atoms with Gasteiger partial charge in [-0.15, -0.1) is 0 Å². The number of benzene rings is 2. The Labute approximate surface area is 192 Å². The lowest BCUT2D eigenvalue weighted by molar-refractivity contribution is -0.132. The van der Waals surface area contributed by atoms with E-state index in [9.17, 15) is 19.1 Å². The molecule has 0 saturated carbocycles. The van der Waals surface area contributed by atoms with Gasteiger partial charge in [-0.3, -0.25) is 19.5 Å². The second kappa shape index (κ2) is 8.61. The molecule has 1 N–H and O–H groups in total. The highest BCUT2D eigenvalue weighted by Crippen LogP contribution is 2.43. The van der Waals surface area contributed by atoms with Crippen LogP contribution in [-0.4, -0.2) is 28.9 Å². The molecule has 0 spiro atoms. The summed E-state index contributed by atoms with van der Waals surface area (Å²) in [6.07, 6.45) is 2.99. The Hall–Kier alpha value is -3.42. The summed E-state index contributed by atoms with van der Waals surface area (Å²) in [5.74, 6) is -2.72. The predicted molar refractivity (Wildman–Crippen MR) is 118 cm³/mol. The van der Waals surface area contributed by atoms with Crippen molar-refractivity contribution < 1.29 is 23.8 Å². The molecule has 1 aliphatic rings. The summed E-state index contributed by atoms with van der Waals surface area (Å²) < 4.78 is 19.0. The van der Waals surface area contributed by atoms with E-state index in [0.29, 0.717) is 5.56 Å². The quantitative estimate of drug-likeness (QED) is 0.322. The topological polar surface area (TPSA) is 79.7 Å². The molecule has 1 atom stereocenters. The van der Waals surface area contributed by atoms with Crippen molar-refractivity contribution in [2.24, 2.45) is 0 Å². The third-order valence-electron chi connectivity index (χ3n) is 5.01. The van der Waals surface area contributed by atoms with Crippen molar-refractivity contribution in [2.75, 3.05) is 12.0 Å². The molecule has 1 aliphatic heterocycles. The fourth-order valence-corrected chi connectivity index (χ4v) is 4.27. The van der Waals surface area contributed by atoms with E-state index in [1.165, 1.54) is 49.8 Å². The van der Waals surface area contributed by atoms with Crippen LogP contribution in [0, 0.1) is 5.82 Å². The van der Waals surface area contributed by atoms with Crippen molar-refractivity contribution in [1.29, 1.82) is 0 Å². The number of anilines is 1. The molecule has 2 aromatic carbocycles. The number of methoxy groups -OCH3 is 1. The first kappa shape index (κ1) is 21.8. The first-order valence-electron chi connectivity index (χ1n) is 9.33. The number of aliphatic hydroxyl groups is 1. The number of amides is 1. The van der Waals surface area contributed by atoms with Gasteiger partial charge in [0.2, 0.25) is 0 Å². The van der Waals surface area contributed by atoms with Crippen LogP contribution in [-0.2, 0) is 9.59 Å². The van der Waals surface area contributed by atoms with Gasteiger partial charge in [-0.2, -0.15) is 0 Å². The third-order valence-corrected chi connectivity index (χ3v) is 5.57. The van der Waals surface area contributed by atoms with Crippen LogP contribution in [0.2, 0.25) is 10.0 Å². The highest BCUT2D eigenvalue weighted by Gasteiger charge is 2.47. The number of nitrogens with zero attached hydrogens (tertiary/aromatic N) is 2. The van der Waals surface area contributed by atoms with E-state index < -0.39 is 29.3 Å². The van der Waals surface area contributed by atoms with E-state index in [0.717, 1.165) is 11.0 Å². The summed E-state index contributed by atoms with van der Waals surface area (Å²) in [4.78, 5) is 31.2. The summed E-state index contributed by atoms with van der Waals surface area (Å²) in [5.41, 5.74) is 0.519. The molecule has 3 aromatic rings. The van der Waals surface area contributed by atoms with Gasteiger partial charge in [0.05, 0.1) is 28.8 Å². The Bertz CT molecular complexity index is 1240. The minimum atomic E-state index is -1.05. The number of carbonyl (C=O) groups excluding carboxylic acids is 2. The average molecular weight is 473 g/mol. The van der Waals surface area contributed by atoms with Crippen LogP contribution >= 0.6 is 23.2 Å². The molecular formula is C23H15Cl2FN2O4. The zero-order valence-electron chi connectivity index (χ0n) is 16.6. The smallest absolute Gasteiger partial charge is 0.300 e. The molecule has 32 heavy (non-hydrogen) atoms. The molecule has 9 heteroatoms. The van der Waals surface area contributed by atoms with Gasteiger partial charge in [-0.1, -0.05) is 35.3 Å². The number of pyridine rings is 1. The molecule has 0 aliphatic carbocycles. The molecule has 6 nitrogen and oxygen atoms in total. The number of aromatic nitrogens is 1. The molecule has 4 rings (SSSR count). The number of halogens is 3. The minimum Gasteiger partial charge on any atom is -0.507 e. The second-order valence-corrected chi connectivity index (χ2v) is 7.72.